The number of aromatic nitrogens is 2. The van der Waals surface area contributed by atoms with Crippen molar-refractivity contribution in [1.29, 1.82) is 0 Å². The van der Waals surface area contributed by atoms with Gasteiger partial charge >= 0.3 is 5.97 Å². The molecule has 4 unspecified atom stereocenters. The minimum absolute atomic E-state index is 0.178. The van der Waals surface area contributed by atoms with Crippen LogP contribution < -0.4 is 27.4 Å². The van der Waals surface area contributed by atoms with Gasteiger partial charge in [0, 0.05) is 18.3 Å². The fourth-order valence-corrected chi connectivity index (χ4v) is 3.47. The summed E-state index contributed by atoms with van der Waals surface area (Å²) in [6.45, 7) is -0.356. The van der Waals surface area contributed by atoms with Crippen molar-refractivity contribution < 1.29 is 29.4 Å². The summed E-state index contributed by atoms with van der Waals surface area (Å²) < 4.78 is 0. The number of hydrogen-bond donors (Lipinski definition) is 8. The molecule has 3 amide bonds. The maximum atomic E-state index is 12.9. The molecule has 14 heteroatoms. The molecule has 1 rings (SSSR count). The number of carbonyl (C=O) groups excluding carboxylic acids is 3. The van der Waals surface area contributed by atoms with Crippen LogP contribution in [0.1, 0.15) is 31.4 Å². The lowest BCUT2D eigenvalue weighted by atomic mass is 10.1. The van der Waals surface area contributed by atoms with Crippen molar-refractivity contribution in [3.63, 3.8) is 0 Å². The van der Waals surface area contributed by atoms with Crippen molar-refractivity contribution in [3.05, 3.63) is 18.2 Å². The van der Waals surface area contributed by atoms with Crippen molar-refractivity contribution in [2.45, 2.75) is 56.3 Å². The molecule has 10 N–H and O–H groups in total. The summed E-state index contributed by atoms with van der Waals surface area (Å²) in [7, 11) is 0. The molecule has 13 nitrogen and oxygen atoms in total. The van der Waals surface area contributed by atoms with E-state index < -0.39 is 54.5 Å². The number of aliphatic hydroxyl groups excluding tert-OH is 1. The number of hydrogen-bond acceptors (Lipinski definition) is 9. The second kappa shape index (κ2) is 16.0. The molecule has 1 aromatic rings. The third kappa shape index (κ3) is 10.5. The average molecular weight is 502 g/mol. The Morgan fingerprint density at radius 2 is 1.71 bits per heavy atom. The van der Waals surface area contributed by atoms with Gasteiger partial charge in [-0.05, 0) is 44.2 Å². The van der Waals surface area contributed by atoms with E-state index in [4.69, 9.17) is 11.5 Å². The summed E-state index contributed by atoms with van der Waals surface area (Å²) in [5.41, 5.74) is 12.1. The number of thioether (sulfide) groups is 1. The highest BCUT2D eigenvalue weighted by Crippen LogP contribution is 2.05. The van der Waals surface area contributed by atoms with Crippen LogP contribution in [0.3, 0.4) is 0 Å². The van der Waals surface area contributed by atoms with Gasteiger partial charge in [-0.2, -0.15) is 11.8 Å². The lowest BCUT2D eigenvalue weighted by Crippen LogP contribution is -2.58. The first kappa shape index (κ1) is 29.4. The van der Waals surface area contributed by atoms with Crippen LogP contribution in [0.4, 0.5) is 0 Å². The number of H-pyrrole nitrogens is 1. The molecule has 0 bridgehead atoms. The number of rotatable bonds is 17. The SMILES string of the molecule is CSCCC(NC(=O)C(CO)NC(=O)C(CCCCN)NC(=O)C(N)Cc1cnc[nH]1)C(=O)O. The van der Waals surface area contributed by atoms with Crippen LogP contribution in [-0.2, 0) is 25.6 Å². The summed E-state index contributed by atoms with van der Waals surface area (Å²) in [5, 5.41) is 26.2. The summed E-state index contributed by atoms with van der Waals surface area (Å²) in [4.78, 5) is 56.0. The number of imidazole rings is 1. The van der Waals surface area contributed by atoms with Crippen LogP contribution in [0.15, 0.2) is 12.5 Å². The molecule has 0 aliphatic carbocycles. The quantitative estimate of drug-likeness (QED) is 0.106. The van der Waals surface area contributed by atoms with E-state index in [-0.39, 0.29) is 19.3 Å². The van der Waals surface area contributed by atoms with Gasteiger partial charge in [0.1, 0.15) is 18.1 Å². The zero-order chi connectivity index (χ0) is 25.5. The maximum absolute atomic E-state index is 12.9. The number of aromatic amines is 1. The minimum atomic E-state index is -1.39. The number of carboxylic acid groups (broad SMARTS) is 1. The largest absolute Gasteiger partial charge is 0.480 e. The first-order chi connectivity index (χ1) is 16.2. The van der Waals surface area contributed by atoms with E-state index in [2.05, 4.69) is 25.9 Å². The Labute approximate surface area is 202 Å². The monoisotopic (exact) mass is 501 g/mol. The highest BCUT2D eigenvalue weighted by Gasteiger charge is 2.29. The van der Waals surface area contributed by atoms with Gasteiger partial charge in [-0.25, -0.2) is 9.78 Å². The molecule has 0 aliphatic rings. The third-order valence-corrected chi connectivity index (χ3v) is 5.60. The number of aliphatic carboxylic acids is 1. The summed E-state index contributed by atoms with van der Waals surface area (Å²) >= 11 is 1.42. The molecular weight excluding hydrogens is 466 g/mol. The van der Waals surface area contributed by atoms with Gasteiger partial charge in [-0.15, -0.1) is 0 Å². The fraction of sp³-hybridized carbons (Fsp3) is 0.650. The van der Waals surface area contributed by atoms with E-state index in [9.17, 15) is 29.4 Å². The average Bonchev–Trinajstić information content (AvgIpc) is 3.31. The van der Waals surface area contributed by atoms with Gasteiger partial charge in [0.15, 0.2) is 0 Å². The topological polar surface area (TPSA) is 226 Å². The second-order valence-corrected chi connectivity index (χ2v) is 8.64. The van der Waals surface area contributed by atoms with Crippen LogP contribution in [0.2, 0.25) is 0 Å². The van der Waals surface area contributed by atoms with Crippen molar-refractivity contribution in [2.75, 3.05) is 25.2 Å². The van der Waals surface area contributed by atoms with Crippen LogP contribution in [0, 0.1) is 0 Å². The number of carboxylic acids is 1. The smallest absolute Gasteiger partial charge is 0.326 e. The van der Waals surface area contributed by atoms with Crippen LogP contribution in [0.5, 0.6) is 0 Å². The number of nitrogens with one attached hydrogen (secondary N) is 4. The zero-order valence-electron chi connectivity index (χ0n) is 19.2. The number of amides is 3. The van der Waals surface area contributed by atoms with Gasteiger partial charge < -0.3 is 42.6 Å². The molecule has 0 spiro atoms. The lowest BCUT2D eigenvalue weighted by molar-refractivity contribution is -0.142. The fourth-order valence-electron chi connectivity index (χ4n) is 3.00. The molecular formula is C20H35N7O6S. The first-order valence-corrected chi connectivity index (χ1v) is 12.3. The van der Waals surface area contributed by atoms with Gasteiger partial charge in [0.05, 0.1) is 19.0 Å². The molecule has 0 saturated heterocycles. The van der Waals surface area contributed by atoms with E-state index in [1.165, 1.54) is 24.3 Å². The predicted molar refractivity (Wildman–Crippen MR) is 127 cm³/mol. The van der Waals surface area contributed by atoms with Crippen molar-refractivity contribution in [1.82, 2.24) is 25.9 Å². The number of unbranched alkanes of at least 4 members (excludes halogenated alkanes) is 1. The lowest BCUT2D eigenvalue weighted by Gasteiger charge is -2.24. The molecule has 1 heterocycles. The number of nitrogens with zero attached hydrogens (tertiary/aromatic N) is 1. The van der Waals surface area contributed by atoms with E-state index >= 15 is 0 Å². The Morgan fingerprint density at radius 1 is 1.06 bits per heavy atom. The Kier molecular flexibility index (Phi) is 13.8. The van der Waals surface area contributed by atoms with Crippen LogP contribution >= 0.6 is 11.8 Å². The summed E-state index contributed by atoms with van der Waals surface area (Å²) in [6.07, 6.45) is 6.52. The molecule has 0 saturated carbocycles. The maximum Gasteiger partial charge on any atom is 0.326 e. The van der Waals surface area contributed by atoms with Crippen molar-refractivity contribution in [2.24, 2.45) is 11.5 Å². The molecule has 4 atom stereocenters. The van der Waals surface area contributed by atoms with Gasteiger partial charge in [-0.1, -0.05) is 0 Å². The molecule has 0 fully saturated rings. The van der Waals surface area contributed by atoms with Gasteiger partial charge in [-0.3, -0.25) is 14.4 Å². The van der Waals surface area contributed by atoms with E-state index in [1.54, 1.807) is 6.26 Å². The van der Waals surface area contributed by atoms with Gasteiger partial charge in [0.2, 0.25) is 17.7 Å². The first-order valence-electron chi connectivity index (χ1n) is 10.9. The Hall–Kier alpha value is -2.68. The predicted octanol–water partition coefficient (Wildman–Crippen LogP) is -2.31. The minimum Gasteiger partial charge on any atom is -0.480 e. The number of aliphatic hydroxyl groups is 1. The van der Waals surface area contributed by atoms with Crippen molar-refractivity contribution in [3.8, 4) is 0 Å². The summed E-state index contributed by atoms with van der Waals surface area (Å²) in [5.74, 6) is -2.84. The van der Waals surface area contributed by atoms with E-state index in [1.807, 2.05) is 0 Å². The normalized spacial score (nSPS) is 14.5. The zero-order valence-corrected chi connectivity index (χ0v) is 20.0. The Balaban J connectivity index is 2.80. The highest BCUT2D eigenvalue weighted by molar-refractivity contribution is 7.98. The molecule has 34 heavy (non-hydrogen) atoms. The molecule has 0 aliphatic heterocycles. The molecule has 192 valence electrons. The Bertz CT molecular complexity index is 779. The molecule has 1 aromatic heterocycles. The van der Waals surface area contributed by atoms with Crippen LogP contribution in [-0.4, -0.2) is 93.2 Å². The van der Waals surface area contributed by atoms with E-state index in [0.29, 0.717) is 30.8 Å². The van der Waals surface area contributed by atoms with Crippen molar-refractivity contribution >= 4 is 35.5 Å². The molecule has 0 aromatic carbocycles. The van der Waals surface area contributed by atoms with Gasteiger partial charge in [0.25, 0.3) is 0 Å². The second-order valence-electron chi connectivity index (χ2n) is 7.66. The highest BCUT2D eigenvalue weighted by atomic mass is 32.2. The Morgan fingerprint density at radius 3 is 2.26 bits per heavy atom. The van der Waals surface area contributed by atoms with E-state index in [0.717, 1.165) is 0 Å². The van der Waals surface area contributed by atoms with Crippen LogP contribution in [0.25, 0.3) is 0 Å². The number of nitrogens with two attached hydrogens (primary N) is 2. The summed E-state index contributed by atoms with van der Waals surface area (Å²) in [6, 6.07) is -4.53. The molecule has 0 radical (unpaired) electrons. The third-order valence-electron chi connectivity index (χ3n) is 4.95. The standard InChI is InChI=1S/C20H35N7O6S/c1-34-7-5-15(20(32)33)26-19(31)16(10-28)27-18(30)14(4-2-3-6-21)25-17(29)13(22)8-12-9-23-11-24-12/h9,11,13-16,28H,2-8,10,21-22H2,1H3,(H,23,24)(H,25,29)(H,26,31)(H,27,30)(H,32,33). The number of carbonyl (C=O) groups is 4.